The molecule has 0 aliphatic carbocycles. The van der Waals surface area contributed by atoms with Crippen LogP contribution in [-0.2, 0) is 6.42 Å². The van der Waals surface area contributed by atoms with E-state index in [0.717, 1.165) is 12.8 Å². The maximum Gasteiger partial charge on any atom is 0.218 e. The summed E-state index contributed by atoms with van der Waals surface area (Å²) in [5, 5.41) is 2.57. The molecule has 0 amide bonds. The van der Waals surface area contributed by atoms with Gasteiger partial charge in [-0.2, -0.15) is 9.13 Å². The van der Waals surface area contributed by atoms with E-state index in [-0.39, 0.29) is 0 Å². The monoisotopic (exact) mass is 553 g/mol. The molecule has 0 bridgehead atoms. The molecule has 0 fully saturated rings. The molecule has 3 heteroatoms. The van der Waals surface area contributed by atoms with Gasteiger partial charge >= 0.3 is 0 Å². The molecule has 204 valence electrons. The second-order valence-corrected chi connectivity index (χ2v) is 11.8. The number of aromatic nitrogens is 3. The zero-order valence-corrected chi connectivity index (χ0v) is 23.8. The maximum absolute atomic E-state index is 2.52. The van der Waals surface area contributed by atoms with Crippen LogP contribution in [0.2, 0.25) is 0 Å². The molecule has 43 heavy (non-hydrogen) atoms. The average Bonchev–Trinajstić information content (AvgIpc) is 3.41. The standard InChI is InChI=1S/C40H31N3/c1-2-13-31-30(12-1)35-26-28-21-22-29(43-39-18-5-3-14-32(39)33-15-4-6-19-40(33)43)27-34(28)36-16-7-9-23-41(36)24-11-20-38(35)42-25-10-8-17-37(31)42/h1-19,21-25,27,35,38H,20,26H2/q+2. The molecule has 0 saturated carbocycles. The van der Waals surface area contributed by atoms with Crippen LogP contribution >= 0.6 is 0 Å². The minimum Gasteiger partial charge on any atom is -0.309 e. The van der Waals surface area contributed by atoms with Gasteiger partial charge in [-0.05, 0) is 66.1 Å². The lowest BCUT2D eigenvalue weighted by atomic mass is 9.77. The highest BCUT2D eigenvalue weighted by molar-refractivity contribution is 6.09. The number of pyridine rings is 2. The van der Waals surface area contributed by atoms with Gasteiger partial charge in [-0.25, -0.2) is 0 Å². The summed E-state index contributed by atoms with van der Waals surface area (Å²) >= 11 is 0. The largest absolute Gasteiger partial charge is 0.309 e. The molecule has 5 heterocycles. The van der Waals surface area contributed by atoms with Crippen LogP contribution < -0.4 is 9.13 Å². The van der Waals surface area contributed by atoms with Crippen molar-refractivity contribution in [3.05, 3.63) is 157 Å². The third-order valence-corrected chi connectivity index (χ3v) is 9.53. The van der Waals surface area contributed by atoms with Crippen LogP contribution in [-0.4, -0.2) is 4.57 Å². The van der Waals surface area contributed by atoms with Gasteiger partial charge < -0.3 is 4.57 Å². The molecular weight excluding hydrogens is 522 g/mol. The van der Waals surface area contributed by atoms with Crippen LogP contribution in [0.4, 0.5) is 0 Å². The van der Waals surface area contributed by atoms with Crippen LogP contribution in [0.3, 0.4) is 0 Å². The second-order valence-electron chi connectivity index (χ2n) is 11.8. The van der Waals surface area contributed by atoms with Crippen molar-refractivity contribution in [3.63, 3.8) is 0 Å². The Morgan fingerprint density at radius 1 is 0.605 bits per heavy atom. The summed E-state index contributed by atoms with van der Waals surface area (Å²) in [4.78, 5) is 0. The molecule has 9 rings (SSSR count). The van der Waals surface area contributed by atoms with Crippen LogP contribution in [0.5, 0.6) is 0 Å². The summed E-state index contributed by atoms with van der Waals surface area (Å²) in [5.74, 6) is 0.355. The Balaban J connectivity index is 1.29. The second kappa shape index (κ2) is 9.64. The van der Waals surface area contributed by atoms with E-state index in [1.165, 1.54) is 61.1 Å². The van der Waals surface area contributed by atoms with Crippen LogP contribution in [0.25, 0.3) is 56.2 Å². The quantitative estimate of drug-likeness (QED) is 0.181. The van der Waals surface area contributed by atoms with Gasteiger partial charge in [0, 0.05) is 52.7 Å². The number of benzene rings is 4. The Hall–Kier alpha value is -5.28. The Kier molecular flexibility index (Phi) is 5.45. The molecule has 0 spiro atoms. The van der Waals surface area contributed by atoms with Gasteiger partial charge in [-0.1, -0.05) is 60.7 Å². The number of hydrogen-bond donors (Lipinski definition) is 0. The van der Waals surface area contributed by atoms with Crippen molar-refractivity contribution < 1.29 is 9.13 Å². The Morgan fingerprint density at radius 3 is 2.14 bits per heavy atom. The predicted octanol–water partition coefficient (Wildman–Crippen LogP) is 8.45. The maximum atomic E-state index is 2.52. The first-order valence-corrected chi connectivity index (χ1v) is 15.2. The van der Waals surface area contributed by atoms with Crippen LogP contribution in [0.15, 0.2) is 146 Å². The molecular formula is C40H31N3+2. The number of allylic oxidation sites excluding steroid dienone is 1. The Labute approximate surface area is 251 Å². The molecule has 0 radical (unpaired) electrons. The highest BCUT2D eigenvalue weighted by atomic mass is 15.0. The summed E-state index contributed by atoms with van der Waals surface area (Å²) in [7, 11) is 0. The summed E-state index contributed by atoms with van der Waals surface area (Å²) in [6.07, 6.45) is 11.0. The predicted molar refractivity (Wildman–Crippen MR) is 174 cm³/mol. The molecule has 4 aromatic carbocycles. The first-order valence-electron chi connectivity index (χ1n) is 15.2. The molecule has 0 N–H and O–H groups in total. The normalized spacial score (nSPS) is 17.0. The number of para-hydroxylation sites is 2. The summed E-state index contributed by atoms with van der Waals surface area (Å²) in [6.45, 7) is 0. The van der Waals surface area contributed by atoms with Crippen molar-refractivity contribution in [2.45, 2.75) is 24.8 Å². The van der Waals surface area contributed by atoms with Gasteiger partial charge in [0.1, 0.15) is 0 Å². The molecule has 2 atom stereocenters. The number of hydrogen-bond acceptors (Lipinski definition) is 0. The lowest BCUT2D eigenvalue weighted by molar-refractivity contribution is -0.717. The van der Waals surface area contributed by atoms with E-state index < -0.39 is 0 Å². The lowest BCUT2D eigenvalue weighted by Crippen LogP contribution is -2.47. The minimum atomic E-state index is 0.332. The van der Waals surface area contributed by atoms with Crippen LogP contribution in [0.1, 0.15) is 29.5 Å². The van der Waals surface area contributed by atoms with Crippen molar-refractivity contribution in [2.75, 3.05) is 0 Å². The van der Waals surface area contributed by atoms with Crippen molar-refractivity contribution in [1.29, 1.82) is 0 Å². The number of rotatable bonds is 1. The van der Waals surface area contributed by atoms with E-state index in [2.05, 4.69) is 166 Å². The van der Waals surface area contributed by atoms with E-state index in [0.29, 0.717) is 12.0 Å². The fourth-order valence-corrected chi connectivity index (χ4v) is 7.64. The van der Waals surface area contributed by atoms with Gasteiger partial charge in [0.2, 0.25) is 11.4 Å². The van der Waals surface area contributed by atoms with Crippen molar-refractivity contribution in [2.24, 2.45) is 0 Å². The summed E-state index contributed by atoms with van der Waals surface area (Å²) in [5.41, 5.74) is 11.6. The first kappa shape index (κ1) is 24.3. The third kappa shape index (κ3) is 3.74. The van der Waals surface area contributed by atoms with E-state index >= 15 is 0 Å². The summed E-state index contributed by atoms with van der Waals surface area (Å²) < 4.78 is 7.24. The van der Waals surface area contributed by atoms with E-state index in [4.69, 9.17) is 0 Å². The van der Waals surface area contributed by atoms with Gasteiger partial charge in [-0.3, -0.25) is 0 Å². The van der Waals surface area contributed by atoms with Gasteiger partial charge in [0.25, 0.3) is 0 Å². The summed E-state index contributed by atoms with van der Waals surface area (Å²) in [6, 6.07) is 47.2. The number of nitrogens with zero attached hydrogens (tertiary/aromatic N) is 3. The fraction of sp³-hybridized carbons (Fsp3) is 0.100. The average molecular weight is 554 g/mol. The number of fused-ring (bicyclic) bond motifs is 12. The SMILES string of the molecule is C1=C[n+]2ccccc2-c2cc(-n3c4ccccc4c4ccccc43)ccc2CC2c3ccccc3-c3cccc[n+]3C2C1. The van der Waals surface area contributed by atoms with E-state index in [9.17, 15) is 0 Å². The molecule has 2 aliphatic heterocycles. The van der Waals surface area contributed by atoms with Crippen molar-refractivity contribution in [3.8, 4) is 28.2 Å². The van der Waals surface area contributed by atoms with E-state index in [1.54, 1.807) is 0 Å². The minimum absolute atomic E-state index is 0.332. The Morgan fingerprint density at radius 2 is 1.30 bits per heavy atom. The smallest absolute Gasteiger partial charge is 0.218 e. The molecule has 0 saturated heterocycles. The van der Waals surface area contributed by atoms with Gasteiger partial charge in [0.15, 0.2) is 24.6 Å². The molecule has 2 aliphatic rings. The highest BCUT2D eigenvalue weighted by Gasteiger charge is 2.40. The topological polar surface area (TPSA) is 12.7 Å². The van der Waals surface area contributed by atoms with Crippen molar-refractivity contribution >= 4 is 28.0 Å². The van der Waals surface area contributed by atoms with Crippen LogP contribution in [0, 0.1) is 0 Å². The first-order chi connectivity index (χ1) is 21.3. The van der Waals surface area contributed by atoms with Gasteiger partial charge in [0.05, 0.1) is 22.5 Å². The third-order valence-electron chi connectivity index (χ3n) is 9.53. The Bertz CT molecular complexity index is 2170. The van der Waals surface area contributed by atoms with E-state index in [1.807, 2.05) is 0 Å². The molecule has 2 unspecified atom stereocenters. The van der Waals surface area contributed by atoms with Gasteiger partial charge in [-0.15, -0.1) is 0 Å². The van der Waals surface area contributed by atoms with Crippen molar-refractivity contribution in [1.82, 2.24) is 4.57 Å². The fourth-order valence-electron chi connectivity index (χ4n) is 7.64. The zero-order chi connectivity index (χ0) is 28.3. The highest BCUT2D eigenvalue weighted by Crippen LogP contribution is 2.43. The lowest BCUT2D eigenvalue weighted by Gasteiger charge is -2.31. The molecule has 3 nitrogen and oxygen atoms in total. The molecule has 7 aromatic rings. The molecule has 3 aromatic heterocycles. The zero-order valence-electron chi connectivity index (χ0n) is 23.8.